The molecule has 0 unspecified atom stereocenters. The highest BCUT2D eigenvalue weighted by atomic mass is 16.5. The molecule has 0 amide bonds. The average molecular weight is 267 g/mol. The lowest BCUT2D eigenvalue weighted by Gasteiger charge is -2.26. The first-order chi connectivity index (χ1) is 9.29. The number of ether oxygens (including phenoxy) is 1. The fourth-order valence-electron chi connectivity index (χ4n) is 2.16. The second-order valence-electron chi connectivity index (χ2n) is 4.59. The first-order valence-electron chi connectivity index (χ1n) is 6.88. The Morgan fingerprint density at radius 1 is 1.47 bits per heavy atom. The summed E-state index contributed by atoms with van der Waals surface area (Å²) in [6, 6.07) is 0.375. The lowest BCUT2D eigenvalue weighted by Crippen LogP contribution is -2.33. The number of aromatic nitrogens is 1. The molecule has 2 rings (SSSR count). The number of esters is 1. The Bertz CT molecular complexity index is 400. The summed E-state index contributed by atoms with van der Waals surface area (Å²) in [5.41, 5.74) is 0.210. The van der Waals surface area contributed by atoms with E-state index < -0.39 is 5.97 Å². The van der Waals surface area contributed by atoms with Gasteiger partial charge in [-0.05, 0) is 32.9 Å². The molecule has 2 heterocycles. The van der Waals surface area contributed by atoms with Crippen LogP contribution < -0.4 is 5.32 Å². The first kappa shape index (κ1) is 13.9. The summed E-state index contributed by atoms with van der Waals surface area (Å²) in [4.78, 5) is 17.9. The number of nitrogens with one attached hydrogen (secondary N) is 1. The molecule has 0 radical (unpaired) electrons. The van der Waals surface area contributed by atoms with E-state index in [1.165, 1.54) is 38.6 Å². The Labute approximate surface area is 113 Å². The van der Waals surface area contributed by atoms with Crippen molar-refractivity contribution in [2.45, 2.75) is 26.2 Å². The topological polar surface area (TPSA) is 67.6 Å². The smallest absolute Gasteiger partial charge is 0.360 e. The normalized spacial score (nSPS) is 16.3. The standard InChI is InChI=1S/C13H21N3O3/c1-2-18-12(17)11-10-19-13(15-11)14-6-9-16-7-4-3-5-8-16/h10H,2-9H2,1H3,(H,14,15). The molecule has 0 aliphatic carbocycles. The Balaban J connectivity index is 1.72. The van der Waals surface area contributed by atoms with Crippen LogP contribution in [0.4, 0.5) is 6.01 Å². The van der Waals surface area contributed by atoms with Gasteiger partial charge in [-0.1, -0.05) is 6.42 Å². The van der Waals surface area contributed by atoms with Crippen LogP contribution in [0.2, 0.25) is 0 Å². The van der Waals surface area contributed by atoms with E-state index in [0.717, 1.165) is 13.1 Å². The number of rotatable bonds is 6. The van der Waals surface area contributed by atoms with E-state index in [0.29, 0.717) is 12.6 Å². The Kier molecular flexibility index (Phi) is 5.20. The van der Waals surface area contributed by atoms with E-state index >= 15 is 0 Å². The van der Waals surface area contributed by atoms with Crippen molar-refractivity contribution in [1.82, 2.24) is 9.88 Å². The summed E-state index contributed by atoms with van der Waals surface area (Å²) in [7, 11) is 0. The third kappa shape index (κ3) is 4.24. The van der Waals surface area contributed by atoms with Crippen LogP contribution >= 0.6 is 0 Å². The predicted octanol–water partition coefficient (Wildman–Crippen LogP) is 1.75. The zero-order valence-electron chi connectivity index (χ0n) is 11.4. The van der Waals surface area contributed by atoms with Gasteiger partial charge in [0.05, 0.1) is 6.61 Å². The highest BCUT2D eigenvalue weighted by molar-refractivity contribution is 5.87. The van der Waals surface area contributed by atoms with Crippen LogP contribution in [0.1, 0.15) is 36.7 Å². The third-order valence-electron chi connectivity index (χ3n) is 3.14. The van der Waals surface area contributed by atoms with Gasteiger partial charge >= 0.3 is 5.97 Å². The number of oxazole rings is 1. The maximum atomic E-state index is 11.4. The van der Waals surface area contributed by atoms with E-state index in [4.69, 9.17) is 9.15 Å². The summed E-state index contributed by atoms with van der Waals surface area (Å²) in [6.45, 7) is 6.17. The summed E-state index contributed by atoms with van der Waals surface area (Å²) >= 11 is 0. The van der Waals surface area contributed by atoms with Gasteiger partial charge in [-0.25, -0.2) is 4.79 Å². The Morgan fingerprint density at radius 2 is 2.26 bits per heavy atom. The number of hydrogen-bond donors (Lipinski definition) is 1. The molecule has 6 nitrogen and oxygen atoms in total. The van der Waals surface area contributed by atoms with Gasteiger partial charge in [-0.2, -0.15) is 4.98 Å². The predicted molar refractivity (Wildman–Crippen MR) is 71.2 cm³/mol. The van der Waals surface area contributed by atoms with Crippen LogP contribution in [0.25, 0.3) is 0 Å². The third-order valence-corrected chi connectivity index (χ3v) is 3.14. The van der Waals surface area contributed by atoms with Gasteiger partial charge in [0.25, 0.3) is 6.01 Å². The molecule has 1 saturated heterocycles. The van der Waals surface area contributed by atoms with Crippen LogP contribution in [-0.2, 0) is 4.74 Å². The average Bonchev–Trinajstić information content (AvgIpc) is 2.89. The molecule has 0 bridgehead atoms. The number of anilines is 1. The maximum Gasteiger partial charge on any atom is 0.360 e. The zero-order valence-corrected chi connectivity index (χ0v) is 11.4. The molecule has 0 atom stereocenters. The number of hydrogen-bond acceptors (Lipinski definition) is 6. The molecular weight excluding hydrogens is 246 g/mol. The van der Waals surface area contributed by atoms with Crippen molar-refractivity contribution in [2.24, 2.45) is 0 Å². The van der Waals surface area contributed by atoms with Crippen LogP contribution in [0.3, 0.4) is 0 Å². The fourth-order valence-corrected chi connectivity index (χ4v) is 2.16. The molecular formula is C13H21N3O3. The van der Waals surface area contributed by atoms with Gasteiger partial charge in [-0.15, -0.1) is 0 Å². The molecule has 6 heteroatoms. The van der Waals surface area contributed by atoms with E-state index in [9.17, 15) is 4.79 Å². The molecule has 0 saturated carbocycles. The molecule has 1 aromatic heterocycles. The highest BCUT2D eigenvalue weighted by Crippen LogP contribution is 2.10. The molecule has 1 N–H and O–H groups in total. The van der Waals surface area contributed by atoms with E-state index in [1.54, 1.807) is 6.92 Å². The number of likely N-dealkylation sites (tertiary alicyclic amines) is 1. The largest absolute Gasteiger partial charge is 0.461 e. The second kappa shape index (κ2) is 7.13. The summed E-state index contributed by atoms with van der Waals surface area (Å²) < 4.78 is 10.0. The fraction of sp³-hybridized carbons (Fsp3) is 0.692. The van der Waals surface area contributed by atoms with Crippen LogP contribution in [0.5, 0.6) is 0 Å². The van der Waals surface area contributed by atoms with Gasteiger partial charge in [-0.3, -0.25) is 0 Å². The highest BCUT2D eigenvalue weighted by Gasteiger charge is 2.13. The number of carbonyl (C=O) groups excluding carboxylic acids is 1. The van der Waals surface area contributed by atoms with Gasteiger partial charge in [0.1, 0.15) is 6.26 Å². The van der Waals surface area contributed by atoms with Crippen molar-refractivity contribution in [3.05, 3.63) is 12.0 Å². The molecule has 0 spiro atoms. The Hall–Kier alpha value is -1.56. The van der Waals surface area contributed by atoms with E-state index in [2.05, 4.69) is 15.2 Å². The lowest BCUT2D eigenvalue weighted by molar-refractivity contribution is 0.0519. The quantitative estimate of drug-likeness (QED) is 0.792. The lowest BCUT2D eigenvalue weighted by atomic mass is 10.1. The summed E-state index contributed by atoms with van der Waals surface area (Å²) in [6.07, 6.45) is 5.23. The zero-order chi connectivity index (χ0) is 13.5. The monoisotopic (exact) mass is 267 g/mol. The van der Waals surface area contributed by atoms with Crippen molar-refractivity contribution >= 4 is 12.0 Å². The van der Waals surface area contributed by atoms with E-state index in [-0.39, 0.29) is 5.69 Å². The number of nitrogens with zero attached hydrogens (tertiary/aromatic N) is 2. The molecule has 1 aliphatic rings. The molecule has 1 fully saturated rings. The summed E-state index contributed by atoms with van der Waals surface area (Å²) in [5, 5.41) is 3.08. The van der Waals surface area contributed by atoms with Gasteiger partial charge in [0, 0.05) is 13.1 Å². The number of carbonyl (C=O) groups is 1. The van der Waals surface area contributed by atoms with Crippen molar-refractivity contribution in [2.75, 3.05) is 38.1 Å². The molecule has 106 valence electrons. The van der Waals surface area contributed by atoms with Crippen molar-refractivity contribution in [3.8, 4) is 0 Å². The van der Waals surface area contributed by atoms with E-state index in [1.807, 2.05) is 0 Å². The number of piperidine rings is 1. The van der Waals surface area contributed by atoms with Crippen molar-refractivity contribution < 1.29 is 13.9 Å². The van der Waals surface area contributed by atoms with Crippen molar-refractivity contribution in [3.63, 3.8) is 0 Å². The minimum Gasteiger partial charge on any atom is -0.461 e. The molecule has 1 aromatic rings. The second-order valence-corrected chi connectivity index (χ2v) is 4.59. The van der Waals surface area contributed by atoms with Gasteiger partial charge in [0.15, 0.2) is 5.69 Å². The molecule has 19 heavy (non-hydrogen) atoms. The minimum atomic E-state index is -0.449. The van der Waals surface area contributed by atoms with Crippen molar-refractivity contribution in [1.29, 1.82) is 0 Å². The van der Waals surface area contributed by atoms with Gasteiger partial charge in [0.2, 0.25) is 0 Å². The minimum absolute atomic E-state index is 0.210. The van der Waals surface area contributed by atoms with Crippen LogP contribution in [0.15, 0.2) is 10.7 Å². The van der Waals surface area contributed by atoms with Gasteiger partial charge < -0.3 is 19.4 Å². The molecule has 0 aromatic carbocycles. The first-order valence-corrected chi connectivity index (χ1v) is 6.88. The summed E-state index contributed by atoms with van der Waals surface area (Å²) in [5.74, 6) is -0.449. The van der Waals surface area contributed by atoms with Crippen LogP contribution in [-0.4, -0.2) is 48.6 Å². The SMILES string of the molecule is CCOC(=O)c1coc(NCCN2CCCCC2)n1. The van der Waals surface area contributed by atoms with Crippen LogP contribution in [0, 0.1) is 0 Å². The Morgan fingerprint density at radius 3 is 3.00 bits per heavy atom. The molecule has 1 aliphatic heterocycles. The maximum absolute atomic E-state index is 11.4.